The Bertz CT molecular complexity index is 307. The number of rotatable bonds is 4. The van der Waals surface area contributed by atoms with Gasteiger partial charge in [0.1, 0.15) is 0 Å². The van der Waals surface area contributed by atoms with Crippen LogP contribution in [0.1, 0.15) is 25.7 Å². The molecule has 0 aromatic heterocycles. The second kappa shape index (κ2) is 5.43. The van der Waals surface area contributed by atoms with Crippen LogP contribution in [0.4, 0.5) is 0 Å². The molecule has 1 atom stereocenters. The molecule has 0 aromatic carbocycles. The summed E-state index contributed by atoms with van der Waals surface area (Å²) in [5, 5.41) is 3.19. The van der Waals surface area contributed by atoms with Crippen LogP contribution in [0.15, 0.2) is 0 Å². The number of hydrogen-bond donors (Lipinski definition) is 2. The van der Waals surface area contributed by atoms with E-state index in [0.29, 0.717) is 12.3 Å². The molecule has 15 heavy (non-hydrogen) atoms. The predicted molar refractivity (Wildman–Crippen MR) is 52.5 cm³/mol. The van der Waals surface area contributed by atoms with Gasteiger partial charge in [-0.1, -0.05) is 0 Å². The maximum Gasteiger partial charge on any atom is 0.448 e. The first-order chi connectivity index (χ1) is 6.97. The van der Waals surface area contributed by atoms with Crippen LogP contribution >= 0.6 is 0 Å². The average Bonchev–Trinajstić information content (AvgIpc) is 2.14. The highest BCUT2D eigenvalue weighted by atomic mass is 32.3. The van der Waals surface area contributed by atoms with E-state index in [-0.39, 0.29) is 6.42 Å². The van der Waals surface area contributed by atoms with Crippen LogP contribution in [0.2, 0.25) is 0 Å². The van der Waals surface area contributed by atoms with Crippen LogP contribution in [0.25, 0.3) is 0 Å². The summed E-state index contributed by atoms with van der Waals surface area (Å²) < 4.78 is 32.4. The number of piperidine rings is 1. The zero-order valence-electron chi connectivity index (χ0n) is 8.31. The van der Waals surface area contributed by atoms with Gasteiger partial charge in [0.15, 0.2) is 0 Å². The Hall–Kier alpha value is -0.660. The summed E-state index contributed by atoms with van der Waals surface area (Å²) in [6.07, 6.45) is 2.71. The van der Waals surface area contributed by atoms with E-state index in [4.69, 9.17) is 4.55 Å². The van der Waals surface area contributed by atoms with Crippen molar-refractivity contribution in [2.45, 2.75) is 25.7 Å². The zero-order valence-corrected chi connectivity index (χ0v) is 9.12. The number of nitrogens with one attached hydrogen (secondary N) is 1. The first-order valence-electron chi connectivity index (χ1n) is 4.88. The zero-order chi connectivity index (χ0) is 11.3. The molecule has 1 aliphatic rings. The molecule has 88 valence electrons. The summed E-state index contributed by atoms with van der Waals surface area (Å²) >= 11 is 0. The SMILES string of the molecule is O=C(CCC1CCCNC1)OS(=O)(=O)O. The van der Waals surface area contributed by atoms with Gasteiger partial charge in [-0.2, -0.15) is 8.42 Å². The molecule has 7 heteroatoms. The highest BCUT2D eigenvalue weighted by Gasteiger charge is 2.17. The summed E-state index contributed by atoms with van der Waals surface area (Å²) in [6.45, 7) is 1.84. The quantitative estimate of drug-likeness (QED) is 0.674. The van der Waals surface area contributed by atoms with Crippen molar-refractivity contribution in [1.82, 2.24) is 5.32 Å². The molecule has 1 fully saturated rings. The van der Waals surface area contributed by atoms with Gasteiger partial charge in [0.25, 0.3) is 0 Å². The lowest BCUT2D eigenvalue weighted by Gasteiger charge is -2.21. The summed E-state index contributed by atoms with van der Waals surface area (Å²) in [5.41, 5.74) is 0. The van der Waals surface area contributed by atoms with Crippen LogP contribution < -0.4 is 5.32 Å². The summed E-state index contributed by atoms with van der Waals surface area (Å²) in [5.74, 6) is -0.518. The molecule has 1 aliphatic heterocycles. The van der Waals surface area contributed by atoms with Crippen molar-refractivity contribution in [3.63, 3.8) is 0 Å². The predicted octanol–water partition coefficient (Wildman–Crippen LogP) is 0.112. The standard InChI is InChI=1S/C8H15NO5S/c10-8(14-15(11,12)13)4-3-7-2-1-5-9-6-7/h7,9H,1-6H2,(H,11,12,13). The fraction of sp³-hybridized carbons (Fsp3) is 0.875. The topological polar surface area (TPSA) is 92.7 Å². The highest BCUT2D eigenvalue weighted by molar-refractivity contribution is 7.81. The van der Waals surface area contributed by atoms with Crippen LogP contribution in [0.5, 0.6) is 0 Å². The Balaban J connectivity index is 2.21. The van der Waals surface area contributed by atoms with E-state index in [1.54, 1.807) is 0 Å². The molecule has 0 saturated carbocycles. The third-order valence-corrected chi connectivity index (χ3v) is 2.75. The van der Waals surface area contributed by atoms with E-state index in [2.05, 4.69) is 9.50 Å². The van der Waals surface area contributed by atoms with Crippen molar-refractivity contribution in [1.29, 1.82) is 0 Å². The van der Waals surface area contributed by atoms with E-state index < -0.39 is 16.4 Å². The molecule has 0 amide bonds. The average molecular weight is 237 g/mol. The molecule has 0 aromatic rings. The van der Waals surface area contributed by atoms with Crippen molar-refractivity contribution in [3.05, 3.63) is 0 Å². The molecule has 0 bridgehead atoms. The Kier molecular flexibility index (Phi) is 4.49. The van der Waals surface area contributed by atoms with E-state index >= 15 is 0 Å². The van der Waals surface area contributed by atoms with Crippen molar-refractivity contribution < 1.29 is 21.9 Å². The second-order valence-corrected chi connectivity index (χ2v) is 4.66. The third kappa shape index (κ3) is 5.71. The first-order valence-corrected chi connectivity index (χ1v) is 6.24. The molecule has 6 nitrogen and oxygen atoms in total. The Morgan fingerprint density at radius 1 is 1.53 bits per heavy atom. The molecule has 0 aliphatic carbocycles. The minimum atomic E-state index is -4.64. The van der Waals surface area contributed by atoms with Gasteiger partial charge in [-0.3, -0.25) is 9.35 Å². The summed E-state index contributed by atoms with van der Waals surface area (Å²) in [7, 11) is -4.64. The molecule has 0 spiro atoms. The number of carbonyl (C=O) groups is 1. The van der Waals surface area contributed by atoms with Crippen molar-refractivity contribution >= 4 is 16.4 Å². The van der Waals surface area contributed by atoms with Gasteiger partial charge in [0.05, 0.1) is 0 Å². The van der Waals surface area contributed by atoms with E-state index in [0.717, 1.165) is 25.9 Å². The maximum absolute atomic E-state index is 10.9. The number of carbonyl (C=O) groups excluding carboxylic acids is 1. The molecular weight excluding hydrogens is 222 g/mol. The van der Waals surface area contributed by atoms with E-state index in [1.165, 1.54) is 0 Å². The Morgan fingerprint density at radius 2 is 2.27 bits per heavy atom. The monoisotopic (exact) mass is 237 g/mol. The fourth-order valence-corrected chi connectivity index (χ4v) is 1.97. The van der Waals surface area contributed by atoms with Gasteiger partial charge in [0.2, 0.25) is 0 Å². The maximum atomic E-state index is 10.9. The summed E-state index contributed by atoms with van der Waals surface area (Å²) in [6, 6.07) is 0. The van der Waals surface area contributed by atoms with Crippen LogP contribution in [-0.2, 0) is 19.4 Å². The molecule has 1 unspecified atom stereocenters. The van der Waals surface area contributed by atoms with Gasteiger partial charge in [-0.15, -0.1) is 0 Å². The van der Waals surface area contributed by atoms with Crippen molar-refractivity contribution in [2.24, 2.45) is 5.92 Å². The Morgan fingerprint density at radius 3 is 2.80 bits per heavy atom. The first kappa shape index (κ1) is 12.4. The van der Waals surface area contributed by atoms with Gasteiger partial charge in [-0.25, -0.2) is 0 Å². The van der Waals surface area contributed by atoms with Crippen LogP contribution in [0.3, 0.4) is 0 Å². The molecule has 1 saturated heterocycles. The number of hydrogen-bond acceptors (Lipinski definition) is 5. The highest BCUT2D eigenvalue weighted by Crippen LogP contribution is 2.16. The molecule has 1 rings (SSSR count). The summed E-state index contributed by atoms with van der Waals surface area (Å²) in [4.78, 5) is 10.9. The van der Waals surface area contributed by atoms with Crippen LogP contribution in [-0.4, -0.2) is 32.0 Å². The molecule has 1 heterocycles. The van der Waals surface area contributed by atoms with E-state index in [9.17, 15) is 13.2 Å². The molecular formula is C8H15NO5S. The minimum absolute atomic E-state index is 0.0200. The third-order valence-electron chi connectivity index (χ3n) is 2.35. The van der Waals surface area contributed by atoms with Gasteiger partial charge in [0, 0.05) is 6.42 Å². The van der Waals surface area contributed by atoms with E-state index in [1.807, 2.05) is 0 Å². The Labute approximate surface area is 89.0 Å². The fourth-order valence-electron chi connectivity index (χ4n) is 1.65. The van der Waals surface area contributed by atoms with Crippen LogP contribution in [0, 0.1) is 5.92 Å². The van der Waals surface area contributed by atoms with Gasteiger partial charge in [-0.05, 0) is 38.3 Å². The largest absolute Gasteiger partial charge is 0.448 e. The minimum Gasteiger partial charge on any atom is -0.325 e. The van der Waals surface area contributed by atoms with Gasteiger partial charge < -0.3 is 9.50 Å². The van der Waals surface area contributed by atoms with Crippen molar-refractivity contribution in [2.75, 3.05) is 13.1 Å². The lowest BCUT2D eigenvalue weighted by atomic mass is 9.95. The smallest absolute Gasteiger partial charge is 0.325 e. The second-order valence-electron chi connectivity index (χ2n) is 3.63. The molecule has 0 radical (unpaired) electrons. The lowest BCUT2D eigenvalue weighted by Crippen LogP contribution is -2.30. The normalized spacial score (nSPS) is 22.3. The molecule has 2 N–H and O–H groups in total. The van der Waals surface area contributed by atoms with Gasteiger partial charge >= 0.3 is 16.4 Å². The van der Waals surface area contributed by atoms with Crippen molar-refractivity contribution in [3.8, 4) is 0 Å². The lowest BCUT2D eigenvalue weighted by molar-refractivity contribution is -0.134.